The van der Waals surface area contributed by atoms with Crippen molar-refractivity contribution in [3.8, 4) is 0 Å². The van der Waals surface area contributed by atoms with Crippen molar-refractivity contribution in [3.05, 3.63) is 108 Å². The molecular weight excluding hydrogens is 549 g/mol. The van der Waals surface area contributed by atoms with Gasteiger partial charge in [0.2, 0.25) is 12.2 Å². The number of halogens is 3. The van der Waals surface area contributed by atoms with Gasteiger partial charge in [-0.1, -0.05) is 126 Å². The van der Waals surface area contributed by atoms with Crippen molar-refractivity contribution in [2.24, 2.45) is 0 Å². The molecule has 6 nitrogen and oxygen atoms in total. The molecule has 0 spiro atoms. The zero-order valence-electron chi connectivity index (χ0n) is 20.8. The number of ether oxygens (including phenoxy) is 5. The second kappa shape index (κ2) is 13.8. The van der Waals surface area contributed by atoms with Crippen molar-refractivity contribution in [2.45, 2.75) is 61.2 Å². The average Bonchev–Trinajstić information content (AvgIpc) is 2.92. The molecule has 1 N–H and O–H groups in total. The Hall–Kier alpha value is -2.16. The molecule has 0 amide bonds. The minimum absolute atomic E-state index is 0.251. The summed E-state index contributed by atoms with van der Waals surface area (Å²) < 4.78 is 29.0. The van der Waals surface area contributed by atoms with E-state index in [1.54, 1.807) is 0 Å². The summed E-state index contributed by atoms with van der Waals surface area (Å²) in [6, 6.07) is 29.4. The number of benzene rings is 3. The van der Waals surface area contributed by atoms with Crippen molar-refractivity contribution < 1.29 is 23.7 Å². The predicted octanol–water partition coefficient (Wildman–Crippen LogP) is 6.85. The molecule has 0 bridgehead atoms. The predicted molar refractivity (Wildman–Crippen MR) is 148 cm³/mol. The fourth-order valence-corrected chi connectivity index (χ4v) is 4.28. The van der Waals surface area contributed by atoms with Crippen LogP contribution in [0.5, 0.6) is 0 Å². The fraction of sp³-hybridized carbons (Fsp3) is 0.345. The highest BCUT2D eigenvalue weighted by atomic mass is 35.6. The summed E-state index contributed by atoms with van der Waals surface area (Å²) in [6.45, 7) is 2.77. The lowest BCUT2D eigenvalue weighted by Gasteiger charge is -2.45. The van der Waals surface area contributed by atoms with Crippen molar-refractivity contribution in [3.63, 3.8) is 0 Å². The highest BCUT2D eigenvalue weighted by molar-refractivity contribution is 6.76. The van der Waals surface area contributed by atoms with E-state index >= 15 is 0 Å². The monoisotopic (exact) mass is 577 g/mol. The van der Waals surface area contributed by atoms with Crippen molar-refractivity contribution in [1.29, 1.82) is 5.41 Å². The van der Waals surface area contributed by atoms with Crippen LogP contribution in [-0.2, 0) is 43.5 Å². The Kier molecular flexibility index (Phi) is 10.4. The van der Waals surface area contributed by atoms with Crippen molar-refractivity contribution >= 4 is 40.7 Å². The third-order valence-corrected chi connectivity index (χ3v) is 6.59. The molecule has 0 radical (unpaired) electrons. The summed E-state index contributed by atoms with van der Waals surface area (Å²) in [7, 11) is 0. The molecule has 1 fully saturated rings. The van der Waals surface area contributed by atoms with Crippen LogP contribution in [0.2, 0.25) is 0 Å². The van der Waals surface area contributed by atoms with Crippen LogP contribution in [0, 0.1) is 5.41 Å². The zero-order chi connectivity index (χ0) is 27.0. The number of hydrogen-bond acceptors (Lipinski definition) is 6. The number of alkyl halides is 3. The Morgan fingerprint density at radius 2 is 1.08 bits per heavy atom. The van der Waals surface area contributed by atoms with Gasteiger partial charge in [0, 0.05) is 0 Å². The summed E-state index contributed by atoms with van der Waals surface area (Å²) in [4.78, 5) is 0. The van der Waals surface area contributed by atoms with E-state index in [9.17, 15) is 0 Å². The van der Waals surface area contributed by atoms with E-state index < -0.39 is 40.4 Å². The second-order valence-corrected chi connectivity index (χ2v) is 11.2. The van der Waals surface area contributed by atoms with Gasteiger partial charge in [0.1, 0.15) is 18.3 Å². The summed E-state index contributed by atoms with van der Waals surface area (Å²) in [6.07, 6.45) is -3.50. The fourth-order valence-electron chi connectivity index (χ4n) is 4.15. The first-order valence-electron chi connectivity index (χ1n) is 12.3. The van der Waals surface area contributed by atoms with Crippen LogP contribution in [0.15, 0.2) is 91.0 Å². The molecule has 0 aliphatic carbocycles. The lowest BCUT2D eigenvalue weighted by atomic mass is 9.98. The molecule has 1 aliphatic heterocycles. The first-order valence-corrected chi connectivity index (χ1v) is 13.4. The topological polar surface area (TPSA) is 70.0 Å². The minimum atomic E-state index is -2.06. The van der Waals surface area contributed by atoms with Crippen LogP contribution >= 0.6 is 34.8 Å². The molecule has 0 unspecified atom stereocenters. The Balaban J connectivity index is 1.61. The maximum absolute atomic E-state index is 8.15. The molecule has 0 saturated carbocycles. The van der Waals surface area contributed by atoms with E-state index in [-0.39, 0.29) is 6.61 Å². The van der Waals surface area contributed by atoms with Gasteiger partial charge in [0.05, 0.1) is 25.9 Å². The second-order valence-electron chi connectivity index (χ2n) is 8.94. The van der Waals surface area contributed by atoms with Gasteiger partial charge in [0.25, 0.3) is 3.79 Å². The Morgan fingerprint density at radius 3 is 1.50 bits per heavy atom. The quantitative estimate of drug-likeness (QED) is 0.162. The number of rotatable bonds is 10. The van der Waals surface area contributed by atoms with Gasteiger partial charge in [-0.25, -0.2) is 0 Å². The highest BCUT2D eigenvalue weighted by Crippen LogP contribution is 2.34. The van der Waals surface area contributed by atoms with Crippen molar-refractivity contribution in [2.75, 3.05) is 0 Å². The third-order valence-electron chi connectivity index (χ3n) is 6.07. The van der Waals surface area contributed by atoms with Gasteiger partial charge in [-0.15, -0.1) is 0 Å². The largest absolute Gasteiger partial charge is 0.445 e. The minimum Gasteiger partial charge on any atom is -0.445 e. The smallest absolute Gasteiger partial charge is 0.265 e. The molecule has 202 valence electrons. The number of hydrogen-bond donors (Lipinski definition) is 1. The summed E-state index contributed by atoms with van der Waals surface area (Å²) in [5.74, 6) is -0.571. The molecule has 1 saturated heterocycles. The molecule has 1 heterocycles. The summed E-state index contributed by atoms with van der Waals surface area (Å²) in [5, 5.41) is 8.15. The van der Waals surface area contributed by atoms with Crippen LogP contribution in [0.1, 0.15) is 23.6 Å². The van der Waals surface area contributed by atoms with Gasteiger partial charge in [-0.2, -0.15) is 0 Å². The SMILES string of the molecule is C[C@@H]1O[C@@H](OC(=N)C(Cl)(Cl)Cl)[C@@H](OCc2ccccc2)[C@H](OCc2ccccc2)[C@@H]1OCc1ccccc1. The van der Waals surface area contributed by atoms with Gasteiger partial charge in [-0.3, -0.25) is 5.41 Å². The van der Waals surface area contributed by atoms with Crippen LogP contribution < -0.4 is 0 Å². The van der Waals surface area contributed by atoms with Crippen LogP contribution in [-0.4, -0.2) is 40.4 Å². The molecular formula is C29H30Cl3NO5. The Bertz CT molecular complexity index is 1130. The standard InChI is InChI=1S/C29H30Cl3NO5/c1-20-24(34-17-21-11-5-2-6-12-21)25(35-18-22-13-7-3-8-14-22)26(36-19-23-15-9-4-10-16-23)27(37-20)38-28(33)29(30,31)32/h2-16,20,24-27,33H,17-19H2,1H3/t20-,24+,25+,26-,27-/m0/s1. The molecule has 38 heavy (non-hydrogen) atoms. The maximum atomic E-state index is 8.15. The van der Waals surface area contributed by atoms with Crippen LogP contribution in [0.25, 0.3) is 0 Å². The van der Waals surface area contributed by atoms with E-state index in [2.05, 4.69) is 0 Å². The van der Waals surface area contributed by atoms with Gasteiger partial charge < -0.3 is 23.7 Å². The molecule has 9 heteroatoms. The molecule has 1 aliphatic rings. The molecule has 3 aromatic carbocycles. The average molecular weight is 579 g/mol. The molecule has 5 atom stereocenters. The molecule has 0 aromatic heterocycles. The van der Waals surface area contributed by atoms with E-state index in [0.29, 0.717) is 13.2 Å². The Morgan fingerprint density at radius 1 is 0.684 bits per heavy atom. The van der Waals surface area contributed by atoms with Gasteiger partial charge in [-0.05, 0) is 23.6 Å². The zero-order valence-corrected chi connectivity index (χ0v) is 23.1. The first kappa shape index (κ1) is 28.8. The number of nitrogens with one attached hydrogen (secondary N) is 1. The lowest BCUT2D eigenvalue weighted by molar-refractivity contribution is -0.304. The highest BCUT2D eigenvalue weighted by Gasteiger charge is 2.49. The lowest BCUT2D eigenvalue weighted by Crippen LogP contribution is -2.60. The first-order chi connectivity index (χ1) is 18.3. The maximum Gasteiger partial charge on any atom is 0.265 e. The van der Waals surface area contributed by atoms with E-state index in [1.165, 1.54) is 0 Å². The van der Waals surface area contributed by atoms with Crippen molar-refractivity contribution in [1.82, 2.24) is 0 Å². The van der Waals surface area contributed by atoms with Crippen LogP contribution in [0.3, 0.4) is 0 Å². The molecule has 4 rings (SSSR count). The third kappa shape index (κ3) is 8.17. The molecule has 3 aromatic rings. The summed E-state index contributed by atoms with van der Waals surface area (Å²) >= 11 is 17.7. The normalized spacial score (nSPS) is 23.6. The van der Waals surface area contributed by atoms with Crippen LogP contribution in [0.4, 0.5) is 0 Å². The summed E-state index contributed by atoms with van der Waals surface area (Å²) in [5.41, 5.74) is 2.95. The van der Waals surface area contributed by atoms with Gasteiger partial charge >= 0.3 is 0 Å². The van der Waals surface area contributed by atoms with E-state index in [1.807, 2.05) is 97.9 Å². The van der Waals surface area contributed by atoms with Gasteiger partial charge in [0.15, 0.2) is 0 Å². The van der Waals surface area contributed by atoms with E-state index in [4.69, 9.17) is 63.9 Å². The Labute approximate surface area is 238 Å². The van der Waals surface area contributed by atoms with E-state index in [0.717, 1.165) is 16.7 Å².